The number of likely N-dealkylation sites (N-methyl/N-ethyl adjacent to an activating group) is 1. The van der Waals surface area contributed by atoms with Crippen molar-refractivity contribution in [3.63, 3.8) is 0 Å². The van der Waals surface area contributed by atoms with Crippen LogP contribution in [0.15, 0.2) is 72.9 Å². The molecule has 11 nitrogen and oxygen atoms in total. The third kappa shape index (κ3) is 9.44. The number of piperidine rings is 1. The predicted molar refractivity (Wildman–Crippen MR) is 190 cm³/mol. The van der Waals surface area contributed by atoms with Gasteiger partial charge >= 0.3 is 0 Å². The molecule has 1 radical (unpaired) electrons. The van der Waals surface area contributed by atoms with Crippen molar-refractivity contribution in [1.29, 1.82) is 0 Å². The quantitative estimate of drug-likeness (QED) is 0.183. The van der Waals surface area contributed by atoms with Gasteiger partial charge in [-0.15, -0.1) is 0 Å². The number of phenols is 1. The van der Waals surface area contributed by atoms with Gasteiger partial charge in [0, 0.05) is 93.6 Å². The SMILES string of the molecule is CCCc1ccccc1.CNC(=O)CNC(=O)C1CN(C(=O)Cc2c[nH]c3cc(Cl)ccc23)CC2CN(C(=O)c3ccc(O)c([NH-])c3)CC21.[Y]. The van der Waals surface area contributed by atoms with E-state index in [2.05, 4.69) is 52.9 Å². The third-order valence-electron chi connectivity index (χ3n) is 9.26. The van der Waals surface area contributed by atoms with E-state index >= 15 is 0 Å². The number of aryl methyl sites for hydroxylation is 1. The summed E-state index contributed by atoms with van der Waals surface area (Å²) in [6, 6.07) is 20.1. The van der Waals surface area contributed by atoms with Crippen molar-refractivity contribution in [2.24, 2.45) is 17.8 Å². The van der Waals surface area contributed by atoms with Crippen molar-refractivity contribution in [3.8, 4) is 5.75 Å². The van der Waals surface area contributed by atoms with Gasteiger partial charge < -0.3 is 36.3 Å². The Morgan fingerprint density at radius 1 is 0.980 bits per heavy atom. The number of carbonyl (C=O) groups excluding carboxylic acids is 4. The number of benzene rings is 3. The van der Waals surface area contributed by atoms with Crippen LogP contribution in [0.2, 0.25) is 5.02 Å². The van der Waals surface area contributed by atoms with E-state index in [-0.39, 0.29) is 105 Å². The van der Waals surface area contributed by atoms with Crippen molar-refractivity contribution in [1.82, 2.24) is 25.4 Å². The first-order valence-corrected chi connectivity index (χ1v) is 16.8. The van der Waals surface area contributed by atoms with Gasteiger partial charge in [-0.05, 0) is 53.6 Å². The molecule has 13 heteroatoms. The van der Waals surface area contributed by atoms with Crippen molar-refractivity contribution in [2.45, 2.75) is 26.2 Å². The summed E-state index contributed by atoms with van der Waals surface area (Å²) >= 11 is 6.09. The molecule has 1 aromatic heterocycles. The molecule has 4 aromatic rings. The van der Waals surface area contributed by atoms with Crippen LogP contribution in [0.5, 0.6) is 5.75 Å². The molecule has 0 aliphatic carbocycles. The molecular formula is C37H42ClN6O5Y-. The molecule has 261 valence electrons. The fraction of sp³-hybridized carbons (Fsp3) is 0.351. The number of hydrogen-bond donors (Lipinski definition) is 4. The van der Waals surface area contributed by atoms with Crippen LogP contribution < -0.4 is 10.6 Å². The van der Waals surface area contributed by atoms with Gasteiger partial charge in [0.1, 0.15) is 5.75 Å². The second-order valence-electron chi connectivity index (χ2n) is 12.6. The summed E-state index contributed by atoms with van der Waals surface area (Å²) in [5, 5.41) is 16.3. The van der Waals surface area contributed by atoms with Crippen LogP contribution in [0.4, 0.5) is 5.69 Å². The smallest absolute Gasteiger partial charge is 0.253 e. The molecule has 4 amide bonds. The monoisotopic (exact) mass is 774 g/mol. The molecule has 3 unspecified atom stereocenters. The molecule has 3 aromatic carbocycles. The predicted octanol–water partition coefficient (Wildman–Crippen LogP) is 5.10. The molecule has 0 saturated carbocycles. The third-order valence-corrected chi connectivity index (χ3v) is 9.49. The van der Waals surface area contributed by atoms with E-state index in [1.54, 1.807) is 28.1 Å². The van der Waals surface area contributed by atoms with Crippen LogP contribution in [-0.2, 0) is 59.9 Å². The fourth-order valence-electron chi connectivity index (χ4n) is 6.67. The maximum Gasteiger partial charge on any atom is 0.253 e. The first-order valence-electron chi connectivity index (χ1n) is 16.5. The summed E-state index contributed by atoms with van der Waals surface area (Å²) in [5.41, 5.74) is 11.0. The zero-order valence-electron chi connectivity index (χ0n) is 28.2. The maximum absolute atomic E-state index is 13.5. The van der Waals surface area contributed by atoms with Crippen LogP contribution in [0.1, 0.15) is 34.8 Å². The Morgan fingerprint density at radius 2 is 1.72 bits per heavy atom. The molecule has 2 saturated heterocycles. The second kappa shape index (κ2) is 17.8. The molecular weight excluding hydrogens is 733 g/mol. The van der Waals surface area contributed by atoms with Crippen LogP contribution in [0.25, 0.3) is 16.6 Å². The average Bonchev–Trinajstić information content (AvgIpc) is 3.72. The van der Waals surface area contributed by atoms with Gasteiger partial charge in [-0.25, -0.2) is 0 Å². The van der Waals surface area contributed by atoms with Gasteiger partial charge in [-0.3, -0.25) is 19.2 Å². The number of aromatic amines is 1. The summed E-state index contributed by atoms with van der Waals surface area (Å²) in [5.74, 6) is -2.30. The molecule has 2 aliphatic heterocycles. The molecule has 6 rings (SSSR count). The van der Waals surface area contributed by atoms with Crippen LogP contribution in [-0.4, -0.2) is 83.3 Å². The number of H-pyrrole nitrogens is 1. The van der Waals surface area contributed by atoms with Crippen molar-refractivity contribution in [2.75, 3.05) is 39.8 Å². The fourth-order valence-corrected chi connectivity index (χ4v) is 6.85. The van der Waals surface area contributed by atoms with Crippen molar-refractivity contribution < 1.29 is 57.0 Å². The minimum Gasteiger partial charge on any atom is -0.696 e. The standard InChI is InChI=1S/C28H30ClN6O5.C9H12.Y/c1-31-25(37)10-33-27(39)21-14-34(26(38)7-16-9-32-23-8-18(29)3-4-19(16)23)11-17-12-35(13-20(17)21)28(40)15-2-5-24(36)22(30)6-15;1-2-6-9-7-4-3-5-8-9;/h2-6,8-9,17,20-21,30,32H,7,10-14H2,1H3,(H,31,37)(H,33,39)(H,36,40);3-5,7-8H,2,6H2,1H3;/q-1;;. The van der Waals surface area contributed by atoms with Crippen LogP contribution >= 0.6 is 11.6 Å². The molecule has 50 heavy (non-hydrogen) atoms. The van der Waals surface area contributed by atoms with E-state index < -0.39 is 5.92 Å². The van der Waals surface area contributed by atoms with E-state index in [0.29, 0.717) is 24.7 Å². The van der Waals surface area contributed by atoms with Gasteiger partial charge in [0.05, 0.1) is 18.9 Å². The van der Waals surface area contributed by atoms with E-state index in [1.807, 2.05) is 6.07 Å². The van der Waals surface area contributed by atoms with Gasteiger partial charge in [-0.1, -0.05) is 73.1 Å². The molecule has 3 atom stereocenters. The maximum atomic E-state index is 13.5. The average molecular weight is 775 g/mol. The summed E-state index contributed by atoms with van der Waals surface area (Å²) in [6.07, 6.45) is 4.37. The van der Waals surface area contributed by atoms with Crippen LogP contribution in [0, 0.1) is 17.8 Å². The number of aromatic nitrogens is 1. The number of nitrogens with zero attached hydrogens (tertiary/aromatic N) is 2. The van der Waals surface area contributed by atoms with Gasteiger partial charge in [0.15, 0.2) is 0 Å². The van der Waals surface area contributed by atoms with E-state index in [1.165, 1.54) is 43.7 Å². The van der Waals surface area contributed by atoms with E-state index in [9.17, 15) is 24.3 Å². The Balaban J connectivity index is 0.000000490. The molecule has 0 bridgehead atoms. The number of phenolic OH excluding ortho intramolecular Hbond substituents is 1. The number of amides is 4. The first kappa shape index (κ1) is 38.9. The Morgan fingerprint density at radius 3 is 2.42 bits per heavy atom. The number of hydrogen-bond acceptors (Lipinski definition) is 5. The Labute approximate surface area is 322 Å². The summed E-state index contributed by atoms with van der Waals surface area (Å²) in [7, 11) is 1.48. The summed E-state index contributed by atoms with van der Waals surface area (Å²) in [6.45, 7) is 3.23. The number of nitrogens with one attached hydrogen (secondary N) is 4. The van der Waals surface area contributed by atoms with E-state index in [4.69, 9.17) is 17.3 Å². The molecule has 5 N–H and O–H groups in total. The number of likely N-dealkylation sites (tertiary alicyclic amines) is 2. The molecule has 2 aliphatic rings. The first-order chi connectivity index (χ1) is 23.6. The van der Waals surface area contributed by atoms with E-state index in [0.717, 1.165) is 16.5 Å². The zero-order valence-corrected chi connectivity index (χ0v) is 31.8. The zero-order chi connectivity index (χ0) is 35.1. The topological polar surface area (TPSA) is 159 Å². The van der Waals surface area contributed by atoms with Crippen LogP contribution in [0.3, 0.4) is 0 Å². The molecule has 2 fully saturated rings. The second-order valence-corrected chi connectivity index (χ2v) is 13.0. The number of fused-ring (bicyclic) bond motifs is 2. The summed E-state index contributed by atoms with van der Waals surface area (Å²) in [4.78, 5) is 58.3. The molecule has 3 heterocycles. The van der Waals surface area contributed by atoms with Gasteiger partial charge in [0.2, 0.25) is 17.7 Å². The largest absolute Gasteiger partial charge is 0.696 e. The minimum atomic E-state index is -0.613. The number of carbonyl (C=O) groups is 4. The normalized spacial score (nSPS) is 17.9. The molecule has 0 spiro atoms. The summed E-state index contributed by atoms with van der Waals surface area (Å²) < 4.78 is 0. The minimum absolute atomic E-state index is 0. The van der Waals surface area contributed by atoms with Crippen molar-refractivity contribution >= 4 is 51.8 Å². The van der Waals surface area contributed by atoms with Crippen molar-refractivity contribution in [3.05, 3.63) is 100 Å². The van der Waals surface area contributed by atoms with Gasteiger partial charge in [-0.2, -0.15) is 0 Å². The van der Waals surface area contributed by atoms with Gasteiger partial charge in [0.25, 0.3) is 5.91 Å². The number of aromatic hydroxyl groups is 1. The number of rotatable bonds is 8. The Hall–Kier alpha value is -3.93. The Bertz CT molecular complexity index is 1820. The Kier molecular flexibility index (Phi) is 13.9. The number of halogens is 1.